The molecule has 0 aromatic carbocycles. The van der Waals surface area contributed by atoms with Crippen molar-refractivity contribution in [1.82, 2.24) is 0 Å². The molecule has 2 N–H and O–H groups in total. The van der Waals surface area contributed by atoms with Crippen molar-refractivity contribution in [2.24, 2.45) is 5.41 Å². The Kier molecular flexibility index (Phi) is 2.93. The van der Waals surface area contributed by atoms with Crippen molar-refractivity contribution in [3.8, 4) is 0 Å². The van der Waals surface area contributed by atoms with Gasteiger partial charge in [-0.3, -0.25) is 9.59 Å². The first-order valence-electron chi connectivity index (χ1n) is 4.61. The Morgan fingerprint density at radius 2 is 2.14 bits per heavy atom. The van der Waals surface area contributed by atoms with Crippen molar-refractivity contribution in [3.63, 3.8) is 0 Å². The summed E-state index contributed by atoms with van der Waals surface area (Å²) in [6.45, 7) is 1.60. The van der Waals surface area contributed by atoms with Gasteiger partial charge in [0.2, 0.25) is 0 Å². The summed E-state index contributed by atoms with van der Waals surface area (Å²) in [4.78, 5) is 21.6. The van der Waals surface area contributed by atoms with E-state index in [0.717, 1.165) is 12.8 Å². The van der Waals surface area contributed by atoms with E-state index in [2.05, 4.69) is 0 Å². The first-order chi connectivity index (χ1) is 6.47. The highest BCUT2D eigenvalue weighted by atomic mass is 16.4. The predicted octanol–water partition coefficient (Wildman–Crippen LogP) is 1.66. The molecule has 0 aromatic heterocycles. The van der Waals surface area contributed by atoms with Gasteiger partial charge < -0.3 is 10.2 Å². The fourth-order valence-corrected chi connectivity index (χ4v) is 1.79. The van der Waals surface area contributed by atoms with Gasteiger partial charge in [-0.2, -0.15) is 0 Å². The van der Waals surface area contributed by atoms with E-state index in [0.29, 0.717) is 12.0 Å². The van der Waals surface area contributed by atoms with Gasteiger partial charge in [0.1, 0.15) is 0 Å². The van der Waals surface area contributed by atoms with E-state index in [1.807, 2.05) is 0 Å². The van der Waals surface area contributed by atoms with Gasteiger partial charge in [0.15, 0.2) is 0 Å². The van der Waals surface area contributed by atoms with Crippen LogP contribution in [0.2, 0.25) is 0 Å². The normalized spacial score (nSPS) is 26.8. The largest absolute Gasteiger partial charge is 0.481 e. The highest BCUT2D eigenvalue weighted by Gasteiger charge is 2.38. The molecule has 78 valence electrons. The third-order valence-corrected chi connectivity index (χ3v) is 2.79. The zero-order valence-corrected chi connectivity index (χ0v) is 8.12. The second-order valence-electron chi connectivity index (χ2n) is 3.83. The van der Waals surface area contributed by atoms with Crippen molar-refractivity contribution in [1.29, 1.82) is 0 Å². The molecule has 0 aromatic rings. The molecule has 0 bridgehead atoms. The number of hydrogen-bond acceptors (Lipinski definition) is 2. The quantitative estimate of drug-likeness (QED) is 0.676. The summed E-state index contributed by atoms with van der Waals surface area (Å²) in [7, 11) is 0. The Morgan fingerprint density at radius 1 is 1.50 bits per heavy atom. The average molecular weight is 198 g/mol. The molecular formula is C10H14O4. The Balaban J connectivity index is 2.93. The lowest BCUT2D eigenvalue weighted by Crippen LogP contribution is -2.32. The van der Waals surface area contributed by atoms with Gasteiger partial charge in [-0.15, -0.1) is 0 Å². The average Bonchev–Trinajstić information content (AvgIpc) is 2.08. The number of carboxylic acid groups (broad SMARTS) is 2. The SMILES string of the molecule is CC1(C(=O)O)CCCC=C1CC(=O)O. The van der Waals surface area contributed by atoms with Crippen molar-refractivity contribution in [3.05, 3.63) is 11.6 Å². The van der Waals surface area contributed by atoms with Gasteiger partial charge >= 0.3 is 11.9 Å². The van der Waals surface area contributed by atoms with Gasteiger partial charge in [0.25, 0.3) is 0 Å². The Labute approximate surface area is 82.2 Å². The summed E-state index contributed by atoms with van der Waals surface area (Å²) >= 11 is 0. The minimum Gasteiger partial charge on any atom is -0.481 e. The molecule has 1 rings (SSSR count). The molecule has 14 heavy (non-hydrogen) atoms. The molecule has 0 fully saturated rings. The van der Waals surface area contributed by atoms with E-state index in [1.54, 1.807) is 13.0 Å². The van der Waals surface area contributed by atoms with Crippen LogP contribution in [0.15, 0.2) is 11.6 Å². The monoisotopic (exact) mass is 198 g/mol. The van der Waals surface area contributed by atoms with E-state index >= 15 is 0 Å². The minimum absolute atomic E-state index is 0.164. The molecule has 0 radical (unpaired) electrons. The highest BCUT2D eigenvalue weighted by molar-refractivity contribution is 5.81. The molecule has 0 saturated heterocycles. The lowest BCUT2D eigenvalue weighted by Gasteiger charge is -2.30. The topological polar surface area (TPSA) is 74.6 Å². The number of carbonyl (C=O) groups is 2. The van der Waals surface area contributed by atoms with E-state index in [9.17, 15) is 9.59 Å². The van der Waals surface area contributed by atoms with Crippen molar-refractivity contribution < 1.29 is 19.8 Å². The minimum atomic E-state index is -0.976. The van der Waals surface area contributed by atoms with E-state index in [4.69, 9.17) is 10.2 Å². The van der Waals surface area contributed by atoms with Crippen LogP contribution in [0.3, 0.4) is 0 Å². The molecule has 4 nitrogen and oxygen atoms in total. The maximum Gasteiger partial charge on any atom is 0.313 e. The first-order valence-corrected chi connectivity index (χ1v) is 4.61. The smallest absolute Gasteiger partial charge is 0.313 e. The van der Waals surface area contributed by atoms with E-state index < -0.39 is 17.4 Å². The third-order valence-electron chi connectivity index (χ3n) is 2.79. The fraction of sp³-hybridized carbons (Fsp3) is 0.600. The zero-order chi connectivity index (χ0) is 10.8. The Morgan fingerprint density at radius 3 is 2.64 bits per heavy atom. The summed E-state index contributed by atoms with van der Waals surface area (Å²) in [5.41, 5.74) is -0.444. The van der Waals surface area contributed by atoms with Crippen LogP contribution in [0, 0.1) is 5.41 Å². The maximum absolute atomic E-state index is 11.0. The van der Waals surface area contributed by atoms with Crippen molar-refractivity contribution >= 4 is 11.9 Å². The van der Waals surface area contributed by atoms with Crippen LogP contribution < -0.4 is 0 Å². The van der Waals surface area contributed by atoms with Crippen LogP contribution in [0.4, 0.5) is 0 Å². The summed E-state index contributed by atoms with van der Waals surface area (Å²) < 4.78 is 0. The number of hydrogen-bond donors (Lipinski definition) is 2. The lowest BCUT2D eigenvalue weighted by molar-refractivity contribution is -0.146. The molecule has 1 aliphatic carbocycles. The maximum atomic E-state index is 11.0. The molecule has 4 heteroatoms. The first kappa shape index (κ1) is 10.8. The molecule has 0 amide bonds. The van der Waals surface area contributed by atoms with Gasteiger partial charge in [-0.25, -0.2) is 0 Å². The summed E-state index contributed by atoms with van der Waals surface area (Å²) in [6, 6.07) is 0. The van der Waals surface area contributed by atoms with Crippen LogP contribution in [-0.2, 0) is 9.59 Å². The van der Waals surface area contributed by atoms with Crippen molar-refractivity contribution in [2.75, 3.05) is 0 Å². The second kappa shape index (κ2) is 3.82. The molecule has 1 unspecified atom stereocenters. The van der Waals surface area contributed by atoms with Crippen LogP contribution in [0.1, 0.15) is 32.6 Å². The summed E-state index contributed by atoms with van der Waals surface area (Å²) in [5, 5.41) is 17.7. The van der Waals surface area contributed by atoms with Gasteiger partial charge in [0.05, 0.1) is 11.8 Å². The molecular weight excluding hydrogens is 184 g/mol. The standard InChI is InChI=1S/C10H14O4/c1-10(9(13)14)5-3-2-4-7(10)6-8(11)12/h4H,2-3,5-6H2,1H3,(H,11,12)(H,13,14). The van der Waals surface area contributed by atoms with E-state index in [-0.39, 0.29) is 6.42 Å². The number of rotatable bonds is 3. The number of carboxylic acids is 2. The van der Waals surface area contributed by atoms with Crippen LogP contribution in [0.5, 0.6) is 0 Å². The second-order valence-corrected chi connectivity index (χ2v) is 3.83. The summed E-state index contributed by atoms with van der Waals surface area (Å²) in [5.74, 6) is -1.89. The Hall–Kier alpha value is -1.32. The predicted molar refractivity (Wildman–Crippen MR) is 49.9 cm³/mol. The molecule has 1 atom stereocenters. The molecule has 0 spiro atoms. The molecule has 0 aliphatic heterocycles. The third kappa shape index (κ3) is 1.95. The van der Waals surface area contributed by atoms with Gasteiger partial charge in [0, 0.05) is 0 Å². The van der Waals surface area contributed by atoms with Crippen LogP contribution >= 0.6 is 0 Å². The summed E-state index contributed by atoms with van der Waals surface area (Å²) in [6.07, 6.45) is 3.72. The zero-order valence-electron chi connectivity index (χ0n) is 8.12. The molecule has 0 saturated carbocycles. The van der Waals surface area contributed by atoms with Gasteiger partial charge in [-0.1, -0.05) is 6.08 Å². The number of allylic oxidation sites excluding steroid dienone is 1. The Bertz CT molecular complexity index is 292. The van der Waals surface area contributed by atoms with Gasteiger partial charge in [-0.05, 0) is 31.8 Å². The van der Waals surface area contributed by atoms with Crippen LogP contribution in [0.25, 0.3) is 0 Å². The molecule has 0 heterocycles. The van der Waals surface area contributed by atoms with E-state index in [1.165, 1.54) is 0 Å². The molecule has 1 aliphatic rings. The lowest BCUT2D eigenvalue weighted by atomic mass is 9.73. The van der Waals surface area contributed by atoms with Crippen LogP contribution in [-0.4, -0.2) is 22.2 Å². The van der Waals surface area contributed by atoms with Crippen molar-refractivity contribution in [2.45, 2.75) is 32.6 Å². The number of aliphatic carboxylic acids is 2. The highest BCUT2D eigenvalue weighted by Crippen LogP contribution is 2.39. The fourth-order valence-electron chi connectivity index (χ4n) is 1.79.